The largest absolute Gasteiger partial charge is 0.497 e. The molecule has 2 rings (SSSR count). The van der Waals surface area contributed by atoms with E-state index in [4.69, 9.17) is 15.2 Å². The van der Waals surface area contributed by atoms with Gasteiger partial charge in [0.2, 0.25) is 0 Å². The number of nitrogens with two attached hydrogens (primary N) is 1. The molecule has 0 saturated heterocycles. The fraction of sp³-hybridized carbons (Fsp3) is 0.273. The minimum atomic E-state index is 0.383. The molecule has 0 unspecified atom stereocenters. The number of ether oxygens (including phenoxy) is 2. The Morgan fingerprint density at radius 3 is 2.59 bits per heavy atom. The molecule has 1 aromatic heterocycles. The molecule has 2 aromatic rings. The lowest BCUT2D eigenvalue weighted by Crippen LogP contribution is -1.97. The van der Waals surface area contributed by atoms with Crippen molar-refractivity contribution in [1.82, 2.24) is 9.59 Å². The maximum absolute atomic E-state index is 5.65. The smallest absolute Gasteiger partial charge is 0.133 e. The molecule has 5 nitrogen and oxygen atoms in total. The third-order valence-electron chi connectivity index (χ3n) is 2.25. The standard InChI is InChI=1S/C11H13N3O2S/c1-15-9-4-2-8(3-5-9)6-16-7-10-11(12)17-14-13-10/h2-5H,6-7,12H2,1H3. The monoisotopic (exact) mass is 251 g/mol. The van der Waals surface area contributed by atoms with Gasteiger partial charge in [0.25, 0.3) is 0 Å². The van der Waals surface area contributed by atoms with E-state index in [0.717, 1.165) is 11.3 Å². The quantitative estimate of drug-likeness (QED) is 0.878. The molecule has 90 valence electrons. The van der Waals surface area contributed by atoms with Crippen LogP contribution in [0.2, 0.25) is 0 Å². The lowest BCUT2D eigenvalue weighted by molar-refractivity contribution is 0.105. The van der Waals surface area contributed by atoms with Crippen molar-refractivity contribution in [1.29, 1.82) is 0 Å². The predicted octanol–water partition coefficient (Wildman–Crippen LogP) is 1.85. The van der Waals surface area contributed by atoms with Crippen LogP contribution in [0.25, 0.3) is 0 Å². The van der Waals surface area contributed by atoms with E-state index in [-0.39, 0.29) is 0 Å². The number of methoxy groups -OCH3 is 1. The minimum absolute atomic E-state index is 0.383. The molecular formula is C11H13N3O2S. The van der Waals surface area contributed by atoms with Crippen molar-refractivity contribution in [2.24, 2.45) is 0 Å². The van der Waals surface area contributed by atoms with Gasteiger partial charge in [-0.3, -0.25) is 0 Å². The molecule has 0 radical (unpaired) electrons. The summed E-state index contributed by atoms with van der Waals surface area (Å²) >= 11 is 1.18. The highest BCUT2D eigenvalue weighted by Crippen LogP contribution is 2.15. The molecule has 6 heteroatoms. The van der Waals surface area contributed by atoms with Crippen molar-refractivity contribution in [3.05, 3.63) is 35.5 Å². The number of benzene rings is 1. The molecule has 1 heterocycles. The Hall–Kier alpha value is -1.66. The third kappa shape index (κ3) is 3.15. The van der Waals surface area contributed by atoms with E-state index in [1.165, 1.54) is 11.5 Å². The van der Waals surface area contributed by atoms with Crippen LogP contribution in [0, 0.1) is 0 Å². The molecule has 0 amide bonds. The van der Waals surface area contributed by atoms with Crippen LogP contribution in [0.1, 0.15) is 11.3 Å². The summed E-state index contributed by atoms with van der Waals surface area (Å²) < 4.78 is 14.3. The van der Waals surface area contributed by atoms with Gasteiger partial charge in [-0.25, -0.2) is 0 Å². The first kappa shape index (κ1) is 11.8. The highest BCUT2D eigenvalue weighted by molar-refractivity contribution is 7.09. The second-order valence-corrected chi connectivity index (χ2v) is 4.21. The Bertz CT molecular complexity index is 470. The van der Waals surface area contributed by atoms with Crippen LogP contribution in [0.4, 0.5) is 5.00 Å². The number of nitrogen functional groups attached to an aromatic ring is 1. The second kappa shape index (κ2) is 5.60. The Balaban J connectivity index is 1.83. The van der Waals surface area contributed by atoms with Gasteiger partial charge in [0.15, 0.2) is 0 Å². The van der Waals surface area contributed by atoms with Crippen molar-refractivity contribution >= 4 is 16.5 Å². The number of aromatic nitrogens is 2. The number of rotatable bonds is 5. The minimum Gasteiger partial charge on any atom is -0.497 e. The first-order chi connectivity index (χ1) is 8.29. The normalized spacial score (nSPS) is 10.4. The van der Waals surface area contributed by atoms with E-state index in [2.05, 4.69) is 9.59 Å². The van der Waals surface area contributed by atoms with Crippen LogP contribution < -0.4 is 10.5 Å². The van der Waals surface area contributed by atoms with Gasteiger partial charge in [0.05, 0.1) is 20.3 Å². The highest BCUT2D eigenvalue weighted by atomic mass is 32.1. The maximum atomic E-state index is 5.65. The zero-order chi connectivity index (χ0) is 12.1. The molecule has 2 N–H and O–H groups in total. The van der Waals surface area contributed by atoms with Gasteiger partial charge in [-0.2, -0.15) is 0 Å². The van der Waals surface area contributed by atoms with Crippen LogP contribution in [0.3, 0.4) is 0 Å². The molecule has 0 aliphatic heterocycles. The van der Waals surface area contributed by atoms with Crippen molar-refractivity contribution in [2.75, 3.05) is 12.8 Å². The summed E-state index contributed by atoms with van der Waals surface area (Å²) in [6, 6.07) is 7.72. The molecule has 0 spiro atoms. The Morgan fingerprint density at radius 1 is 1.24 bits per heavy atom. The third-order valence-corrected chi connectivity index (χ3v) is 2.85. The van der Waals surface area contributed by atoms with Gasteiger partial charge < -0.3 is 15.2 Å². The molecular weight excluding hydrogens is 238 g/mol. The van der Waals surface area contributed by atoms with E-state index < -0.39 is 0 Å². The van der Waals surface area contributed by atoms with Gasteiger partial charge in [-0.05, 0) is 17.7 Å². The van der Waals surface area contributed by atoms with Crippen molar-refractivity contribution in [2.45, 2.75) is 13.2 Å². The SMILES string of the molecule is COc1ccc(COCc2nnsc2N)cc1. The average Bonchev–Trinajstić information content (AvgIpc) is 2.76. The molecule has 0 saturated carbocycles. The van der Waals surface area contributed by atoms with Gasteiger partial charge in [0.1, 0.15) is 16.4 Å². The van der Waals surface area contributed by atoms with Crippen LogP contribution in [-0.2, 0) is 18.0 Å². The topological polar surface area (TPSA) is 70.3 Å². The summed E-state index contributed by atoms with van der Waals surface area (Å²) in [6.45, 7) is 0.898. The molecule has 17 heavy (non-hydrogen) atoms. The average molecular weight is 251 g/mol. The molecule has 0 aliphatic carbocycles. The summed E-state index contributed by atoms with van der Waals surface area (Å²) in [5.41, 5.74) is 7.43. The Labute approximate surface area is 103 Å². The van der Waals surface area contributed by atoms with Gasteiger partial charge in [-0.15, -0.1) is 5.10 Å². The van der Waals surface area contributed by atoms with E-state index in [1.54, 1.807) is 7.11 Å². The van der Waals surface area contributed by atoms with Crippen molar-refractivity contribution < 1.29 is 9.47 Å². The van der Waals surface area contributed by atoms with Crippen LogP contribution in [-0.4, -0.2) is 16.7 Å². The highest BCUT2D eigenvalue weighted by Gasteiger charge is 2.04. The fourth-order valence-electron chi connectivity index (χ4n) is 1.30. The zero-order valence-corrected chi connectivity index (χ0v) is 10.2. The van der Waals surface area contributed by atoms with Gasteiger partial charge in [-0.1, -0.05) is 16.6 Å². The molecule has 1 aromatic carbocycles. The van der Waals surface area contributed by atoms with Gasteiger partial charge >= 0.3 is 0 Å². The number of anilines is 1. The van der Waals surface area contributed by atoms with E-state index >= 15 is 0 Å². The first-order valence-corrected chi connectivity index (χ1v) is 5.84. The van der Waals surface area contributed by atoms with Crippen LogP contribution >= 0.6 is 11.5 Å². The molecule has 0 aliphatic rings. The summed E-state index contributed by atoms with van der Waals surface area (Å²) in [4.78, 5) is 0. The lowest BCUT2D eigenvalue weighted by Gasteiger charge is -2.04. The Kier molecular flexibility index (Phi) is 3.89. The molecule has 0 fully saturated rings. The summed E-state index contributed by atoms with van der Waals surface area (Å²) in [5.74, 6) is 0.835. The Morgan fingerprint density at radius 2 is 2.00 bits per heavy atom. The van der Waals surface area contributed by atoms with E-state index in [1.807, 2.05) is 24.3 Å². The van der Waals surface area contributed by atoms with E-state index in [9.17, 15) is 0 Å². The maximum Gasteiger partial charge on any atom is 0.133 e. The van der Waals surface area contributed by atoms with E-state index in [0.29, 0.717) is 23.9 Å². The van der Waals surface area contributed by atoms with Gasteiger partial charge in [0, 0.05) is 11.5 Å². The number of hydrogen-bond acceptors (Lipinski definition) is 6. The van der Waals surface area contributed by atoms with Crippen molar-refractivity contribution in [3.63, 3.8) is 0 Å². The second-order valence-electron chi connectivity index (χ2n) is 3.42. The van der Waals surface area contributed by atoms with Crippen LogP contribution in [0.15, 0.2) is 24.3 Å². The molecule has 0 bridgehead atoms. The summed E-state index contributed by atoms with van der Waals surface area (Å²) in [7, 11) is 1.64. The van der Waals surface area contributed by atoms with Crippen molar-refractivity contribution in [3.8, 4) is 5.75 Å². The number of nitrogens with zero attached hydrogens (tertiary/aromatic N) is 2. The fourth-order valence-corrected chi connectivity index (χ4v) is 1.74. The zero-order valence-electron chi connectivity index (χ0n) is 9.42. The number of hydrogen-bond donors (Lipinski definition) is 1. The lowest BCUT2D eigenvalue weighted by atomic mass is 10.2. The summed E-state index contributed by atoms with van der Waals surface area (Å²) in [5, 5.41) is 4.48. The van der Waals surface area contributed by atoms with Crippen LogP contribution in [0.5, 0.6) is 5.75 Å². The predicted molar refractivity (Wildman–Crippen MR) is 65.8 cm³/mol. The first-order valence-electron chi connectivity index (χ1n) is 5.07. The molecule has 0 atom stereocenters. The summed E-state index contributed by atoms with van der Waals surface area (Å²) in [6.07, 6.45) is 0.